The van der Waals surface area contributed by atoms with Crippen molar-refractivity contribution < 1.29 is 9.15 Å². The highest BCUT2D eigenvalue weighted by atomic mass is 16.5. The van der Waals surface area contributed by atoms with E-state index >= 15 is 0 Å². The van der Waals surface area contributed by atoms with Crippen LogP contribution in [0.15, 0.2) is 57.7 Å². The van der Waals surface area contributed by atoms with Crippen LogP contribution in [0, 0.1) is 0 Å². The van der Waals surface area contributed by atoms with Crippen molar-refractivity contribution in [2.45, 2.75) is 0 Å². The molecule has 2 aromatic carbocycles. The van der Waals surface area contributed by atoms with Gasteiger partial charge in [-0.05, 0) is 24.3 Å². The van der Waals surface area contributed by atoms with E-state index in [1.807, 2.05) is 24.3 Å². The third kappa shape index (κ3) is 2.33. The van der Waals surface area contributed by atoms with Crippen molar-refractivity contribution in [2.75, 3.05) is 12.4 Å². The fraction of sp³-hybridized carbons (Fsp3) is 0.0667. The predicted molar refractivity (Wildman–Crippen MR) is 76.6 cm³/mol. The van der Waals surface area contributed by atoms with Crippen LogP contribution < -0.4 is 15.7 Å². The molecule has 0 saturated carbocycles. The van der Waals surface area contributed by atoms with Gasteiger partial charge in [0.1, 0.15) is 5.75 Å². The molecule has 1 aromatic heterocycles. The van der Waals surface area contributed by atoms with E-state index in [2.05, 4.69) is 10.3 Å². The maximum Gasteiger partial charge on any atom is 0.348 e. The first-order chi connectivity index (χ1) is 9.76. The van der Waals surface area contributed by atoms with Crippen LogP contribution in [-0.4, -0.2) is 12.1 Å². The van der Waals surface area contributed by atoms with Gasteiger partial charge in [0.2, 0.25) is 0 Å². The molecule has 3 aromatic rings. The number of hydrogen-bond acceptors (Lipinski definition) is 5. The number of aromatic nitrogens is 1. The Labute approximate surface area is 114 Å². The Morgan fingerprint density at radius 3 is 2.85 bits per heavy atom. The lowest BCUT2D eigenvalue weighted by Crippen LogP contribution is -2.04. The molecule has 0 aliphatic heterocycles. The molecule has 5 nitrogen and oxygen atoms in total. The number of rotatable bonds is 3. The van der Waals surface area contributed by atoms with E-state index in [1.165, 1.54) is 0 Å². The van der Waals surface area contributed by atoms with Crippen LogP contribution in [0.1, 0.15) is 0 Å². The second-order valence-corrected chi connectivity index (χ2v) is 4.18. The van der Waals surface area contributed by atoms with E-state index in [0.29, 0.717) is 16.7 Å². The van der Waals surface area contributed by atoms with Crippen LogP contribution in [0.2, 0.25) is 0 Å². The Balaban J connectivity index is 2.00. The van der Waals surface area contributed by atoms with Crippen molar-refractivity contribution >= 4 is 22.6 Å². The van der Waals surface area contributed by atoms with E-state index in [9.17, 15) is 4.79 Å². The maximum atomic E-state index is 11.8. The van der Waals surface area contributed by atoms with Gasteiger partial charge in [0.25, 0.3) is 0 Å². The summed E-state index contributed by atoms with van der Waals surface area (Å²) in [6.45, 7) is 0. The Kier molecular flexibility index (Phi) is 3.09. The van der Waals surface area contributed by atoms with Crippen LogP contribution in [0.5, 0.6) is 5.75 Å². The summed E-state index contributed by atoms with van der Waals surface area (Å²) in [6, 6.07) is 14.5. The van der Waals surface area contributed by atoms with E-state index < -0.39 is 5.63 Å². The smallest absolute Gasteiger partial charge is 0.348 e. The van der Waals surface area contributed by atoms with Gasteiger partial charge in [0.05, 0.1) is 18.0 Å². The number of benzene rings is 2. The molecule has 5 heteroatoms. The van der Waals surface area contributed by atoms with Gasteiger partial charge in [-0.3, -0.25) is 0 Å². The lowest BCUT2D eigenvalue weighted by atomic mass is 10.2. The van der Waals surface area contributed by atoms with Gasteiger partial charge in [-0.2, -0.15) is 4.98 Å². The van der Waals surface area contributed by atoms with E-state index in [0.717, 1.165) is 5.69 Å². The Bertz CT molecular complexity index is 811. The van der Waals surface area contributed by atoms with Gasteiger partial charge in [0, 0.05) is 11.8 Å². The van der Waals surface area contributed by atoms with Crippen LogP contribution in [0.25, 0.3) is 10.9 Å². The number of para-hydroxylation sites is 1. The fourth-order valence-corrected chi connectivity index (χ4v) is 1.90. The lowest BCUT2D eigenvalue weighted by molar-refractivity contribution is 0.415. The zero-order valence-corrected chi connectivity index (χ0v) is 10.8. The average Bonchev–Trinajstić information content (AvgIpc) is 2.47. The number of anilines is 2. The molecular formula is C15H12N2O3. The second-order valence-electron chi connectivity index (χ2n) is 4.18. The van der Waals surface area contributed by atoms with Crippen LogP contribution in [0.4, 0.5) is 11.7 Å². The molecule has 0 atom stereocenters. The molecule has 0 fully saturated rings. The molecule has 0 spiro atoms. The van der Waals surface area contributed by atoms with Crippen LogP contribution in [-0.2, 0) is 0 Å². The largest absolute Gasteiger partial charge is 0.497 e. The van der Waals surface area contributed by atoms with Crippen molar-refractivity contribution in [3.8, 4) is 5.75 Å². The second kappa shape index (κ2) is 5.05. The first-order valence-corrected chi connectivity index (χ1v) is 6.07. The summed E-state index contributed by atoms with van der Waals surface area (Å²) in [6.07, 6.45) is 0. The Morgan fingerprint density at radius 1 is 1.15 bits per heavy atom. The van der Waals surface area contributed by atoms with E-state index in [1.54, 1.807) is 31.4 Å². The normalized spacial score (nSPS) is 10.4. The van der Waals surface area contributed by atoms with Crippen molar-refractivity contribution in [3.63, 3.8) is 0 Å². The SMILES string of the molecule is COc1cccc(Nc2nc3ccccc3c(=O)o2)c1. The fourth-order valence-electron chi connectivity index (χ4n) is 1.90. The van der Waals surface area contributed by atoms with Crippen LogP contribution >= 0.6 is 0 Å². The van der Waals surface area contributed by atoms with Crippen molar-refractivity contribution in [2.24, 2.45) is 0 Å². The monoisotopic (exact) mass is 268 g/mol. The highest BCUT2D eigenvalue weighted by Crippen LogP contribution is 2.20. The third-order valence-electron chi connectivity index (χ3n) is 2.86. The molecule has 0 saturated heterocycles. The number of hydrogen-bond donors (Lipinski definition) is 1. The summed E-state index contributed by atoms with van der Waals surface area (Å²) < 4.78 is 10.3. The quantitative estimate of drug-likeness (QED) is 0.791. The molecule has 1 heterocycles. The summed E-state index contributed by atoms with van der Waals surface area (Å²) in [5.74, 6) is 0.707. The minimum Gasteiger partial charge on any atom is -0.497 e. The number of ether oxygens (including phenoxy) is 1. The molecule has 100 valence electrons. The van der Waals surface area contributed by atoms with E-state index in [4.69, 9.17) is 9.15 Å². The number of nitrogens with one attached hydrogen (secondary N) is 1. The molecule has 0 radical (unpaired) electrons. The lowest BCUT2D eigenvalue weighted by Gasteiger charge is -2.06. The van der Waals surface area contributed by atoms with Crippen molar-refractivity contribution in [3.05, 3.63) is 59.0 Å². The van der Waals surface area contributed by atoms with Crippen molar-refractivity contribution in [1.82, 2.24) is 4.98 Å². The van der Waals surface area contributed by atoms with Gasteiger partial charge in [-0.1, -0.05) is 18.2 Å². The molecule has 0 aliphatic rings. The average molecular weight is 268 g/mol. The zero-order valence-electron chi connectivity index (χ0n) is 10.8. The minimum atomic E-state index is -0.416. The third-order valence-corrected chi connectivity index (χ3v) is 2.86. The maximum absolute atomic E-state index is 11.8. The first kappa shape index (κ1) is 12.2. The molecule has 1 N–H and O–H groups in total. The molecular weight excluding hydrogens is 256 g/mol. The predicted octanol–water partition coefficient (Wildman–Crippen LogP) is 2.94. The summed E-state index contributed by atoms with van der Waals surface area (Å²) >= 11 is 0. The Morgan fingerprint density at radius 2 is 2.00 bits per heavy atom. The number of fused-ring (bicyclic) bond motifs is 1. The zero-order chi connectivity index (χ0) is 13.9. The van der Waals surface area contributed by atoms with Crippen molar-refractivity contribution in [1.29, 1.82) is 0 Å². The Hall–Kier alpha value is -2.82. The van der Waals surface area contributed by atoms with E-state index in [-0.39, 0.29) is 6.01 Å². The summed E-state index contributed by atoms with van der Waals surface area (Å²) in [7, 11) is 1.59. The summed E-state index contributed by atoms with van der Waals surface area (Å²) in [5, 5.41) is 3.42. The highest BCUT2D eigenvalue weighted by molar-refractivity contribution is 5.78. The molecule has 20 heavy (non-hydrogen) atoms. The molecule has 3 rings (SSSR count). The topological polar surface area (TPSA) is 64.4 Å². The van der Waals surface area contributed by atoms with Gasteiger partial charge >= 0.3 is 11.6 Å². The molecule has 0 unspecified atom stereocenters. The molecule has 0 bridgehead atoms. The summed E-state index contributed by atoms with van der Waals surface area (Å²) in [5.41, 5.74) is 0.908. The van der Waals surface area contributed by atoms with Gasteiger partial charge in [-0.15, -0.1) is 0 Å². The minimum absolute atomic E-state index is 0.155. The molecule has 0 aliphatic carbocycles. The number of methoxy groups -OCH3 is 1. The highest BCUT2D eigenvalue weighted by Gasteiger charge is 2.06. The number of nitrogens with zero attached hydrogens (tertiary/aromatic N) is 1. The molecule has 0 amide bonds. The van der Waals surface area contributed by atoms with Gasteiger partial charge in [-0.25, -0.2) is 4.79 Å². The standard InChI is InChI=1S/C15H12N2O3/c1-19-11-6-4-5-10(9-11)16-15-17-13-8-3-2-7-12(13)14(18)20-15/h2-9H,1H3,(H,16,17). The van der Waals surface area contributed by atoms with Crippen LogP contribution in [0.3, 0.4) is 0 Å². The van der Waals surface area contributed by atoms with Gasteiger partial charge < -0.3 is 14.5 Å². The first-order valence-electron chi connectivity index (χ1n) is 6.07. The summed E-state index contributed by atoms with van der Waals surface area (Å²) in [4.78, 5) is 16.1. The van der Waals surface area contributed by atoms with Gasteiger partial charge in [0.15, 0.2) is 0 Å².